The van der Waals surface area contributed by atoms with E-state index in [4.69, 9.17) is 10.5 Å². The molecule has 0 radical (unpaired) electrons. The molecule has 6 nitrogen and oxygen atoms in total. The van der Waals surface area contributed by atoms with Crippen LogP contribution in [0.3, 0.4) is 0 Å². The zero-order valence-corrected chi connectivity index (χ0v) is 13.2. The molecule has 0 atom stereocenters. The molecule has 0 spiro atoms. The fraction of sp³-hybridized carbons (Fsp3) is 0.571. The summed E-state index contributed by atoms with van der Waals surface area (Å²) in [5.74, 6) is 0.597. The van der Waals surface area contributed by atoms with E-state index in [-0.39, 0.29) is 10.6 Å². The summed E-state index contributed by atoms with van der Waals surface area (Å²) in [4.78, 5) is 2.46. The second-order valence-electron chi connectivity index (χ2n) is 5.16. The van der Waals surface area contributed by atoms with Crippen molar-refractivity contribution in [3.05, 3.63) is 18.2 Å². The summed E-state index contributed by atoms with van der Waals surface area (Å²) >= 11 is 0. The molecule has 1 fully saturated rings. The van der Waals surface area contributed by atoms with Crippen LogP contribution >= 0.6 is 0 Å². The molecule has 0 aliphatic carbocycles. The SMILES string of the molecule is CNS(=O)(=O)c1ccc(OCCN2CCCCC2)cc1N. The van der Waals surface area contributed by atoms with Crippen LogP contribution in [-0.4, -0.2) is 46.6 Å². The first-order chi connectivity index (χ1) is 10.0. The molecule has 3 N–H and O–H groups in total. The van der Waals surface area contributed by atoms with Gasteiger partial charge in [0, 0.05) is 12.6 Å². The first-order valence-corrected chi connectivity index (χ1v) is 8.69. The summed E-state index contributed by atoms with van der Waals surface area (Å²) in [6.07, 6.45) is 3.82. The molecule has 1 aliphatic rings. The number of nitrogens with two attached hydrogens (primary N) is 1. The van der Waals surface area contributed by atoms with Gasteiger partial charge in [-0.05, 0) is 45.1 Å². The third-order valence-corrected chi connectivity index (χ3v) is 5.15. The molecular weight excluding hydrogens is 290 g/mol. The summed E-state index contributed by atoms with van der Waals surface area (Å²) < 4.78 is 31.3. The van der Waals surface area contributed by atoms with Crippen molar-refractivity contribution in [2.24, 2.45) is 0 Å². The predicted molar refractivity (Wildman–Crippen MR) is 82.9 cm³/mol. The number of nitrogens with one attached hydrogen (secondary N) is 1. The van der Waals surface area contributed by atoms with E-state index in [0.29, 0.717) is 12.4 Å². The molecule has 0 unspecified atom stereocenters. The van der Waals surface area contributed by atoms with Crippen LogP contribution in [0.15, 0.2) is 23.1 Å². The number of sulfonamides is 1. The van der Waals surface area contributed by atoms with Gasteiger partial charge in [-0.3, -0.25) is 4.90 Å². The van der Waals surface area contributed by atoms with E-state index in [0.717, 1.165) is 19.6 Å². The van der Waals surface area contributed by atoms with Crippen LogP contribution in [0.5, 0.6) is 5.75 Å². The topological polar surface area (TPSA) is 84.7 Å². The molecule has 1 aliphatic heterocycles. The molecule has 1 heterocycles. The lowest BCUT2D eigenvalue weighted by atomic mass is 10.1. The van der Waals surface area contributed by atoms with Crippen LogP contribution in [0, 0.1) is 0 Å². The summed E-state index contributed by atoms with van der Waals surface area (Å²) in [7, 11) is -2.16. The number of ether oxygens (including phenoxy) is 1. The number of nitrogens with zero attached hydrogens (tertiary/aromatic N) is 1. The van der Waals surface area contributed by atoms with Crippen molar-refractivity contribution in [3.8, 4) is 5.75 Å². The Morgan fingerprint density at radius 3 is 2.62 bits per heavy atom. The minimum atomic E-state index is -3.52. The zero-order valence-electron chi connectivity index (χ0n) is 12.3. The Morgan fingerprint density at radius 2 is 2.00 bits per heavy atom. The maximum absolute atomic E-state index is 11.7. The Hall–Kier alpha value is -1.31. The van der Waals surface area contributed by atoms with E-state index < -0.39 is 10.0 Å². The number of anilines is 1. The highest BCUT2D eigenvalue weighted by Crippen LogP contribution is 2.23. The van der Waals surface area contributed by atoms with Gasteiger partial charge >= 0.3 is 0 Å². The lowest BCUT2D eigenvalue weighted by molar-refractivity contribution is 0.183. The normalized spacial score (nSPS) is 16.8. The van der Waals surface area contributed by atoms with Crippen LogP contribution in [0.1, 0.15) is 19.3 Å². The number of hydrogen-bond acceptors (Lipinski definition) is 5. The van der Waals surface area contributed by atoms with E-state index >= 15 is 0 Å². The van der Waals surface area contributed by atoms with Crippen molar-refractivity contribution in [2.45, 2.75) is 24.2 Å². The van der Waals surface area contributed by atoms with Crippen molar-refractivity contribution in [1.29, 1.82) is 0 Å². The van der Waals surface area contributed by atoms with E-state index in [9.17, 15) is 8.42 Å². The third kappa shape index (κ3) is 4.33. The monoisotopic (exact) mass is 313 g/mol. The number of piperidine rings is 1. The van der Waals surface area contributed by atoms with E-state index in [1.54, 1.807) is 12.1 Å². The molecule has 7 heteroatoms. The highest BCUT2D eigenvalue weighted by molar-refractivity contribution is 7.89. The fourth-order valence-electron chi connectivity index (χ4n) is 2.45. The maximum Gasteiger partial charge on any atom is 0.242 e. The summed E-state index contributed by atoms with van der Waals surface area (Å²) in [6.45, 7) is 3.73. The van der Waals surface area contributed by atoms with Gasteiger partial charge in [-0.1, -0.05) is 6.42 Å². The molecule has 118 valence electrons. The van der Waals surface area contributed by atoms with Gasteiger partial charge in [0.15, 0.2) is 0 Å². The average molecular weight is 313 g/mol. The molecular formula is C14H23N3O3S. The average Bonchev–Trinajstić information content (AvgIpc) is 2.48. The van der Waals surface area contributed by atoms with Crippen LogP contribution < -0.4 is 15.2 Å². The van der Waals surface area contributed by atoms with Gasteiger partial charge in [0.05, 0.1) is 5.69 Å². The quantitative estimate of drug-likeness (QED) is 0.767. The number of nitrogen functional groups attached to an aromatic ring is 1. The summed E-state index contributed by atoms with van der Waals surface area (Å²) in [5.41, 5.74) is 5.98. The van der Waals surface area contributed by atoms with Gasteiger partial charge in [0.2, 0.25) is 10.0 Å². The van der Waals surface area contributed by atoms with Gasteiger partial charge in [-0.15, -0.1) is 0 Å². The summed E-state index contributed by atoms with van der Waals surface area (Å²) in [5, 5.41) is 0. The number of rotatable bonds is 6. The molecule has 2 rings (SSSR count). The second-order valence-corrected chi connectivity index (χ2v) is 7.01. The minimum Gasteiger partial charge on any atom is -0.492 e. The molecule has 0 saturated carbocycles. The van der Waals surface area contributed by atoms with Gasteiger partial charge in [-0.2, -0.15) is 0 Å². The molecule has 1 saturated heterocycles. The molecule has 0 amide bonds. The smallest absolute Gasteiger partial charge is 0.242 e. The first kappa shape index (κ1) is 16.1. The van der Waals surface area contributed by atoms with Gasteiger partial charge in [0.25, 0.3) is 0 Å². The minimum absolute atomic E-state index is 0.0772. The molecule has 0 bridgehead atoms. The Labute approximate surface area is 126 Å². The highest BCUT2D eigenvalue weighted by Gasteiger charge is 2.15. The maximum atomic E-state index is 11.7. The first-order valence-electron chi connectivity index (χ1n) is 7.21. The van der Waals surface area contributed by atoms with Crippen LogP contribution in [0.2, 0.25) is 0 Å². The molecule has 1 aromatic carbocycles. The van der Waals surface area contributed by atoms with Crippen LogP contribution in [0.4, 0.5) is 5.69 Å². The second kappa shape index (κ2) is 7.11. The van der Waals surface area contributed by atoms with Crippen molar-refractivity contribution in [1.82, 2.24) is 9.62 Å². The van der Waals surface area contributed by atoms with Crippen LogP contribution in [0.25, 0.3) is 0 Å². The molecule has 1 aromatic rings. The largest absolute Gasteiger partial charge is 0.492 e. The number of hydrogen-bond donors (Lipinski definition) is 2. The van der Waals surface area contributed by atoms with E-state index in [1.165, 1.54) is 32.4 Å². The predicted octanol–water partition coefficient (Wildman–Crippen LogP) is 1.04. The van der Waals surface area contributed by atoms with Crippen molar-refractivity contribution in [2.75, 3.05) is 39.0 Å². The van der Waals surface area contributed by atoms with Crippen molar-refractivity contribution < 1.29 is 13.2 Å². The Morgan fingerprint density at radius 1 is 1.29 bits per heavy atom. The van der Waals surface area contributed by atoms with Crippen LogP contribution in [-0.2, 0) is 10.0 Å². The highest BCUT2D eigenvalue weighted by atomic mass is 32.2. The number of likely N-dealkylation sites (tertiary alicyclic amines) is 1. The lowest BCUT2D eigenvalue weighted by Gasteiger charge is -2.26. The Balaban J connectivity index is 1.91. The fourth-order valence-corrected chi connectivity index (χ4v) is 3.28. The molecule has 21 heavy (non-hydrogen) atoms. The van der Waals surface area contributed by atoms with E-state index in [1.807, 2.05) is 0 Å². The van der Waals surface area contributed by atoms with Crippen molar-refractivity contribution in [3.63, 3.8) is 0 Å². The van der Waals surface area contributed by atoms with Gasteiger partial charge < -0.3 is 10.5 Å². The van der Waals surface area contributed by atoms with Gasteiger partial charge in [0.1, 0.15) is 17.3 Å². The number of benzene rings is 1. The molecule has 0 aromatic heterocycles. The Bertz CT molecular complexity index is 569. The van der Waals surface area contributed by atoms with E-state index in [2.05, 4.69) is 9.62 Å². The van der Waals surface area contributed by atoms with Crippen molar-refractivity contribution >= 4 is 15.7 Å². The Kier molecular flexibility index (Phi) is 5.44. The third-order valence-electron chi connectivity index (χ3n) is 3.66. The zero-order chi connectivity index (χ0) is 15.3. The van der Waals surface area contributed by atoms with Gasteiger partial charge in [-0.25, -0.2) is 13.1 Å². The lowest BCUT2D eigenvalue weighted by Crippen LogP contribution is -2.33. The standard InChI is InChI=1S/C14H23N3O3S/c1-16-21(18,19)14-6-5-12(11-13(14)15)20-10-9-17-7-3-2-4-8-17/h5-6,11,16H,2-4,7-10,15H2,1H3. The summed E-state index contributed by atoms with van der Waals surface area (Å²) in [6, 6.07) is 4.66.